The molecule has 0 aliphatic heterocycles. The van der Waals surface area contributed by atoms with Crippen molar-refractivity contribution in [1.82, 2.24) is 0 Å². The van der Waals surface area contributed by atoms with E-state index in [1.807, 2.05) is 12.2 Å². The first kappa shape index (κ1) is 42.2. The molecule has 0 rings (SSSR count). The van der Waals surface area contributed by atoms with Gasteiger partial charge in [0.05, 0.1) is 12.5 Å². The molecule has 0 saturated heterocycles. The summed E-state index contributed by atoms with van der Waals surface area (Å²) in [7, 11) is 0. The lowest BCUT2D eigenvalue weighted by Gasteiger charge is -2.02. The molecule has 0 amide bonds. The number of unbranched alkanes of at least 4 members (excludes halogenated alkanes) is 28. The van der Waals surface area contributed by atoms with Crippen LogP contribution in [0.4, 0.5) is 0 Å². The van der Waals surface area contributed by atoms with Crippen molar-refractivity contribution < 1.29 is 19.1 Å². The van der Waals surface area contributed by atoms with Gasteiger partial charge in [0.15, 0.2) is 0 Å². The number of rotatable bonds is 34. The van der Waals surface area contributed by atoms with Crippen LogP contribution in [-0.2, 0) is 19.1 Å². The van der Waals surface area contributed by atoms with Crippen molar-refractivity contribution in [2.24, 2.45) is 0 Å². The van der Waals surface area contributed by atoms with Crippen LogP contribution in [0, 0.1) is 0 Å². The molecule has 44 heavy (non-hydrogen) atoms. The van der Waals surface area contributed by atoms with Gasteiger partial charge in [-0.25, -0.2) is 9.59 Å². The Balaban J connectivity index is 3.46. The van der Waals surface area contributed by atoms with Gasteiger partial charge in [0.2, 0.25) is 0 Å². The maximum absolute atomic E-state index is 11.8. The molecule has 0 fully saturated rings. The minimum atomic E-state index is -0.564. The summed E-state index contributed by atoms with van der Waals surface area (Å²) in [5.41, 5.74) is 0. The molecule has 4 heteroatoms. The van der Waals surface area contributed by atoms with E-state index in [9.17, 15) is 9.59 Å². The third-order valence-corrected chi connectivity index (χ3v) is 8.37. The number of hydrogen-bond donors (Lipinski definition) is 0. The Hall–Kier alpha value is -1.84. The van der Waals surface area contributed by atoms with Gasteiger partial charge in [0.25, 0.3) is 0 Å². The lowest BCUT2D eigenvalue weighted by atomic mass is 10.0. The van der Waals surface area contributed by atoms with Gasteiger partial charge in [-0.2, -0.15) is 0 Å². The van der Waals surface area contributed by atoms with Crippen LogP contribution in [0.25, 0.3) is 0 Å². The topological polar surface area (TPSA) is 52.6 Å². The summed E-state index contributed by atoms with van der Waals surface area (Å²) >= 11 is 0. The summed E-state index contributed by atoms with van der Waals surface area (Å²) in [5.74, 6) is -1.13. The SMILES string of the molecule is CCCCCCCCCCCCCCCCC=COC(=O)/C=C\C(=O)OC=CCCCCCCCCCCCCCCCC. The van der Waals surface area contributed by atoms with Crippen LogP contribution in [0.1, 0.15) is 206 Å². The summed E-state index contributed by atoms with van der Waals surface area (Å²) in [6.45, 7) is 4.55. The fourth-order valence-electron chi connectivity index (χ4n) is 5.49. The Morgan fingerprint density at radius 2 is 0.591 bits per heavy atom. The monoisotopic (exact) mass is 617 g/mol. The normalized spacial score (nSPS) is 11.8. The number of ether oxygens (including phenoxy) is 2. The van der Waals surface area contributed by atoms with Gasteiger partial charge in [0.1, 0.15) is 0 Å². The predicted molar refractivity (Wildman–Crippen MR) is 189 cm³/mol. The average molecular weight is 617 g/mol. The van der Waals surface area contributed by atoms with Gasteiger partial charge in [-0.05, 0) is 37.8 Å². The third kappa shape index (κ3) is 36.4. The molecule has 0 spiro atoms. The average Bonchev–Trinajstić information content (AvgIpc) is 3.03. The molecule has 0 aromatic rings. The predicted octanol–water partition coefficient (Wildman–Crippen LogP) is 13.4. The molecule has 0 unspecified atom stereocenters. The van der Waals surface area contributed by atoms with E-state index in [-0.39, 0.29) is 0 Å². The van der Waals surface area contributed by atoms with Gasteiger partial charge in [-0.15, -0.1) is 0 Å². The second-order valence-corrected chi connectivity index (χ2v) is 12.7. The largest absolute Gasteiger partial charge is 0.432 e. The highest BCUT2D eigenvalue weighted by Crippen LogP contribution is 2.15. The van der Waals surface area contributed by atoms with Gasteiger partial charge >= 0.3 is 11.9 Å². The maximum atomic E-state index is 11.8. The third-order valence-electron chi connectivity index (χ3n) is 8.37. The molecule has 0 radical (unpaired) electrons. The number of carbonyl (C=O) groups is 2. The number of hydrogen-bond acceptors (Lipinski definition) is 4. The zero-order chi connectivity index (χ0) is 32.0. The fourth-order valence-corrected chi connectivity index (χ4v) is 5.49. The second kappa shape index (κ2) is 37.3. The molecule has 0 atom stereocenters. The minimum absolute atomic E-state index is 0.564. The summed E-state index contributed by atoms with van der Waals surface area (Å²) < 4.78 is 10.0. The molecular weight excluding hydrogens is 544 g/mol. The molecule has 0 heterocycles. The molecule has 0 aromatic heterocycles. The maximum Gasteiger partial charge on any atom is 0.335 e. The van der Waals surface area contributed by atoms with E-state index in [1.54, 1.807) is 0 Å². The van der Waals surface area contributed by atoms with Crippen LogP contribution in [0.3, 0.4) is 0 Å². The zero-order valence-corrected chi connectivity index (χ0v) is 29.3. The van der Waals surface area contributed by atoms with Gasteiger partial charge in [-0.1, -0.05) is 181 Å². The quantitative estimate of drug-likeness (QED) is 0.0312. The van der Waals surface area contributed by atoms with Crippen LogP contribution >= 0.6 is 0 Å². The summed E-state index contributed by atoms with van der Waals surface area (Å²) in [4.78, 5) is 23.5. The lowest BCUT2D eigenvalue weighted by molar-refractivity contribution is -0.135. The first-order valence-corrected chi connectivity index (χ1v) is 19.1. The van der Waals surface area contributed by atoms with E-state index >= 15 is 0 Å². The second-order valence-electron chi connectivity index (χ2n) is 12.7. The molecule has 0 aromatic carbocycles. The van der Waals surface area contributed by atoms with Crippen molar-refractivity contribution in [2.75, 3.05) is 0 Å². The van der Waals surface area contributed by atoms with Crippen LogP contribution in [-0.4, -0.2) is 11.9 Å². The Morgan fingerprint density at radius 3 is 0.841 bits per heavy atom. The number of esters is 2. The van der Waals surface area contributed by atoms with Crippen molar-refractivity contribution >= 4 is 11.9 Å². The zero-order valence-electron chi connectivity index (χ0n) is 29.3. The highest BCUT2D eigenvalue weighted by molar-refractivity contribution is 5.92. The van der Waals surface area contributed by atoms with Gasteiger partial charge < -0.3 is 9.47 Å². The Kier molecular flexibility index (Phi) is 35.8. The summed E-state index contributed by atoms with van der Waals surface area (Å²) in [5, 5.41) is 0. The van der Waals surface area contributed by atoms with Gasteiger partial charge in [0, 0.05) is 12.2 Å². The van der Waals surface area contributed by atoms with E-state index < -0.39 is 11.9 Å². The Bertz CT molecular complexity index is 635. The first-order valence-electron chi connectivity index (χ1n) is 19.1. The lowest BCUT2D eigenvalue weighted by Crippen LogP contribution is -1.98. The smallest absolute Gasteiger partial charge is 0.335 e. The van der Waals surface area contributed by atoms with Crippen LogP contribution in [0.5, 0.6) is 0 Å². The van der Waals surface area contributed by atoms with Crippen molar-refractivity contribution in [3.63, 3.8) is 0 Å². The highest BCUT2D eigenvalue weighted by atomic mass is 16.5. The Labute approximate surface area is 273 Å². The van der Waals surface area contributed by atoms with Crippen LogP contribution in [0.2, 0.25) is 0 Å². The fraction of sp³-hybridized carbons (Fsp3) is 0.800. The molecule has 4 nitrogen and oxygen atoms in total. The molecule has 256 valence electrons. The summed E-state index contributed by atoms with van der Waals surface area (Å²) in [6, 6.07) is 0. The highest BCUT2D eigenvalue weighted by Gasteiger charge is 1.99. The van der Waals surface area contributed by atoms with Crippen molar-refractivity contribution in [2.45, 2.75) is 206 Å². The van der Waals surface area contributed by atoms with E-state index in [0.717, 1.165) is 37.8 Å². The molecular formula is C40H72O4. The Morgan fingerprint density at radius 1 is 0.364 bits per heavy atom. The first-order chi connectivity index (χ1) is 21.7. The molecule has 0 N–H and O–H groups in total. The van der Waals surface area contributed by atoms with Crippen molar-refractivity contribution in [1.29, 1.82) is 0 Å². The summed E-state index contributed by atoms with van der Waals surface area (Å²) in [6.07, 6.45) is 48.4. The van der Waals surface area contributed by atoms with E-state index in [4.69, 9.17) is 9.47 Å². The van der Waals surface area contributed by atoms with E-state index in [2.05, 4.69) is 13.8 Å². The molecule has 0 aliphatic carbocycles. The van der Waals surface area contributed by atoms with E-state index in [0.29, 0.717) is 0 Å². The number of carbonyl (C=O) groups excluding carboxylic acids is 2. The minimum Gasteiger partial charge on any atom is -0.432 e. The van der Waals surface area contributed by atoms with Crippen molar-refractivity contribution in [3.05, 3.63) is 36.8 Å². The van der Waals surface area contributed by atoms with Crippen LogP contribution in [0.15, 0.2) is 36.8 Å². The van der Waals surface area contributed by atoms with Crippen LogP contribution < -0.4 is 0 Å². The molecule has 0 saturated carbocycles. The van der Waals surface area contributed by atoms with Crippen molar-refractivity contribution in [3.8, 4) is 0 Å². The van der Waals surface area contributed by atoms with E-state index in [1.165, 1.54) is 179 Å². The van der Waals surface area contributed by atoms with Gasteiger partial charge in [-0.3, -0.25) is 0 Å². The standard InChI is InChI=1S/C40H72O4/c1-3-5-7-9-11-13-15-17-19-21-23-25-27-29-31-33-37-43-39(41)35-36-40(42)44-38-34-32-30-28-26-24-22-20-18-16-14-12-10-8-6-4-2/h33-38H,3-32H2,1-2H3/b36-35-,37-33?,38-34?. The molecule has 0 aliphatic rings. The number of allylic oxidation sites excluding steroid dienone is 2. The molecule has 0 bridgehead atoms.